The summed E-state index contributed by atoms with van der Waals surface area (Å²) in [5.41, 5.74) is 0.569. The van der Waals surface area contributed by atoms with Crippen LogP contribution in [-0.2, 0) is 0 Å². The Morgan fingerprint density at radius 3 is 2.63 bits per heavy atom. The van der Waals surface area contributed by atoms with Crippen LogP contribution in [0.3, 0.4) is 0 Å². The van der Waals surface area contributed by atoms with Crippen LogP contribution in [0.15, 0.2) is 0 Å². The molecular weight excluding hydrogens is 232 g/mol. The molecule has 112 valence electrons. The SMILES string of the molecule is CCCN(CC1CCCN1)C1CCC(C)(C)CC1C. The third-order valence-corrected chi connectivity index (χ3v) is 5.25. The maximum atomic E-state index is 3.67. The predicted octanol–water partition coefficient (Wildman–Crippen LogP) is 3.67. The van der Waals surface area contributed by atoms with Crippen molar-refractivity contribution in [1.82, 2.24) is 10.2 Å². The smallest absolute Gasteiger partial charge is 0.0195 e. The Morgan fingerprint density at radius 1 is 1.26 bits per heavy atom. The van der Waals surface area contributed by atoms with Gasteiger partial charge >= 0.3 is 0 Å². The van der Waals surface area contributed by atoms with Crippen molar-refractivity contribution in [3.63, 3.8) is 0 Å². The summed E-state index contributed by atoms with van der Waals surface area (Å²) in [6.45, 7) is 13.5. The number of hydrogen-bond donors (Lipinski definition) is 1. The standard InChI is InChI=1S/C17H34N2/c1-5-11-19(13-15-7-6-10-18-15)16-8-9-17(3,4)12-14(16)2/h14-16,18H,5-13H2,1-4H3. The molecule has 2 rings (SSSR count). The Hall–Kier alpha value is -0.0800. The molecule has 0 aromatic carbocycles. The van der Waals surface area contributed by atoms with Crippen LogP contribution in [-0.4, -0.2) is 36.6 Å². The Morgan fingerprint density at radius 2 is 2.05 bits per heavy atom. The van der Waals surface area contributed by atoms with Crippen molar-refractivity contribution in [2.75, 3.05) is 19.6 Å². The highest BCUT2D eigenvalue weighted by atomic mass is 15.2. The average molecular weight is 266 g/mol. The lowest BCUT2D eigenvalue weighted by Gasteiger charge is -2.45. The summed E-state index contributed by atoms with van der Waals surface area (Å²) in [7, 11) is 0. The van der Waals surface area contributed by atoms with E-state index in [0.717, 1.165) is 18.0 Å². The lowest BCUT2D eigenvalue weighted by Crippen LogP contribution is -2.49. The lowest BCUT2D eigenvalue weighted by molar-refractivity contribution is 0.0549. The van der Waals surface area contributed by atoms with Crippen LogP contribution in [0.5, 0.6) is 0 Å². The lowest BCUT2D eigenvalue weighted by atomic mass is 9.70. The van der Waals surface area contributed by atoms with Crippen molar-refractivity contribution >= 4 is 0 Å². The van der Waals surface area contributed by atoms with E-state index in [1.165, 1.54) is 58.2 Å². The van der Waals surface area contributed by atoms with Gasteiger partial charge in [-0.25, -0.2) is 0 Å². The van der Waals surface area contributed by atoms with E-state index >= 15 is 0 Å². The highest BCUT2D eigenvalue weighted by Crippen LogP contribution is 2.40. The summed E-state index contributed by atoms with van der Waals surface area (Å²) in [6.07, 6.45) is 8.25. The van der Waals surface area contributed by atoms with Crippen molar-refractivity contribution in [3.8, 4) is 0 Å². The Kier molecular flexibility index (Phi) is 5.30. The van der Waals surface area contributed by atoms with Gasteiger partial charge in [0.05, 0.1) is 0 Å². The molecule has 1 heterocycles. The van der Waals surface area contributed by atoms with Crippen molar-refractivity contribution in [2.45, 2.75) is 78.3 Å². The molecule has 19 heavy (non-hydrogen) atoms. The first-order chi connectivity index (χ1) is 9.02. The molecular formula is C17H34N2. The minimum absolute atomic E-state index is 0.569. The van der Waals surface area contributed by atoms with E-state index in [4.69, 9.17) is 0 Å². The molecule has 1 saturated heterocycles. The van der Waals surface area contributed by atoms with Gasteiger partial charge in [-0.15, -0.1) is 0 Å². The Balaban J connectivity index is 1.93. The molecule has 0 aromatic rings. The Labute approximate surface area is 120 Å². The topological polar surface area (TPSA) is 15.3 Å². The molecule has 2 nitrogen and oxygen atoms in total. The maximum Gasteiger partial charge on any atom is 0.0195 e. The van der Waals surface area contributed by atoms with Gasteiger partial charge in [-0.3, -0.25) is 4.90 Å². The molecule has 1 aliphatic heterocycles. The number of hydrogen-bond acceptors (Lipinski definition) is 2. The van der Waals surface area contributed by atoms with Crippen LogP contribution < -0.4 is 5.32 Å². The zero-order chi connectivity index (χ0) is 13.9. The van der Waals surface area contributed by atoms with Crippen molar-refractivity contribution in [3.05, 3.63) is 0 Å². The summed E-state index contributed by atoms with van der Waals surface area (Å²) in [5, 5.41) is 3.67. The highest BCUT2D eigenvalue weighted by molar-refractivity contribution is 4.90. The first-order valence-electron chi connectivity index (χ1n) is 8.49. The molecule has 2 heteroatoms. The van der Waals surface area contributed by atoms with Crippen LogP contribution in [0, 0.1) is 11.3 Å². The monoisotopic (exact) mass is 266 g/mol. The van der Waals surface area contributed by atoms with Crippen LogP contribution in [0.4, 0.5) is 0 Å². The first-order valence-corrected chi connectivity index (χ1v) is 8.49. The molecule has 0 amide bonds. The summed E-state index contributed by atoms with van der Waals surface area (Å²) < 4.78 is 0. The molecule has 2 aliphatic rings. The summed E-state index contributed by atoms with van der Waals surface area (Å²) in [6, 6.07) is 1.59. The zero-order valence-electron chi connectivity index (χ0n) is 13.5. The van der Waals surface area contributed by atoms with Gasteiger partial charge in [0, 0.05) is 18.6 Å². The second-order valence-corrected chi connectivity index (χ2v) is 7.74. The van der Waals surface area contributed by atoms with E-state index in [2.05, 4.69) is 37.9 Å². The van der Waals surface area contributed by atoms with E-state index in [0.29, 0.717) is 5.41 Å². The first kappa shape index (κ1) is 15.3. The molecule has 1 saturated carbocycles. The third kappa shape index (κ3) is 4.19. The van der Waals surface area contributed by atoms with Gasteiger partial charge in [0.25, 0.3) is 0 Å². The molecule has 3 unspecified atom stereocenters. The molecule has 1 aliphatic carbocycles. The zero-order valence-corrected chi connectivity index (χ0v) is 13.5. The van der Waals surface area contributed by atoms with Crippen molar-refractivity contribution in [2.24, 2.45) is 11.3 Å². The Bertz CT molecular complexity index is 268. The average Bonchev–Trinajstić information content (AvgIpc) is 2.80. The molecule has 0 aromatic heterocycles. The van der Waals surface area contributed by atoms with Gasteiger partial charge in [-0.2, -0.15) is 0 Å². The molecule has 0 radical (unpaired) electrons. The van der Waals surface area contributed by atoms with Crippen molar-refractivity contribution < 1.29 is 0 Å². The van der Waals surface area contributed by atoms with E-state index in [1.54, 1.807) is 0 Å². The van der Waals surface area contributed by atoms with Gasteiger partial charge in [0.2, 0.25) is 0 Å². The molecule has 3 atom stereocenters. The number of nitrogens with zero attached hydrogens (tertiary/aromatic N) is 1. The second-order valence-electron chi connectivity index (χ2n) is 7.74. The minimum Gasteiger partial charge on any atom is -0.313 e. The fourth-order valence-corrected chi connectivity index (χ4v) is 4.35. The quantitative estimate of drug-likeness (QED) is 0.817. The van der Waals surface area contributed by atoms with E-state index in [9.17, 15) is 0 Å². The van der Waals surface area contributed by atoms with E-state index in [-0.39, 0.29) is 0 Å². The molecule has 0 bridgehead atoms. The number of nitrogens with one attached hydrogen (secondary N) is 1. The third-order valence-electron chi connectivity index (χ3n) is 5.25. The van der Waals surface area contributed by atoms with E-state index < -0.39 is 0 Å². The van der Waals surface area contributed by atoms with Crippen LogP contribution in [0.1, 0.15) is 66.2 Å². The van der Waals surface area contributed by atoms with Gasteiger partial charge in [-0.05, 0) is 62.9 Å². The minimum atomic E-state index is 0.569. The van der Waals surface area contributed by atoms with E-state index in [1.807, 2.05) is 0 Å². The molecule has 2 fully saturated rings. The maximum absolute atomic E-state index is 3.67. The highest BCUT2D eigenvalue weighted by Gasteiger charge is 2.35. The van der Waals surface area contributed by atoms with Gasteiger partial charge < -0.3 is 5.32 Å². The van der Waals surface area contributed by atoms with Gasteiger partial charge in [-0.1, -0.05) is 27.7 Å². The normalized spacial score (nSPS) is 34.9. The van der Waals surface area contributed by atoms with Crippen LogP contribution >= 0.6 is 0 Å². The second kappa shape index (κ2) is 6.58. The largest absolute Gasteiger partial charge is 0.313 e. The molecule has 1 N–H and O–H groups in total. The predicted molar refractivity (Wildman–Crippen MR) is 83.5 cm³/mol. The fourth-order valence-electron chi connectivity index (χ4n) is 4.35. The van der Waals surface area contributed by atoms with Gasteiger partial charge in [0.15, 0.2) is 0 Å². The summed E-state index contributed by atoms with van der Waals surface area (Å²) >= 11 is 0. The van der Waals surface area contributed by atoms with Crippen LogP contribution in [0.2, 0.25) is 0 Å². The molecule has 0 spiro atoms. The number of rotatable bonds is 5. The van der Waals surface area contributed by atoms with Gasteiger partial charge in [0.1, 0.15) is 0 Å². The summed E-state index contributed by atoms with van der Waals surface area (Å²) in [4.78, 5) is 2.81. The fraction of sp³-hybridized carbons (Fsp3) is 1.00. The van der Waals surface area contributed by atoms with Crippen LogP contribution in [0.25, 0.3) is 0 Å². The summed E-state index contributed by atoms with van der Waals surface area (Å²) in [5.74, 6) is 0.858. The van der Waals surface area contributed by atoms with Crippen molar-refractivity contribution in [1.29, 1.82) is 0 Å².